The number of furan rings is 1. The highest BCUT2D eigenvalue weighted by molar-refractivity contribution is 5.82. The molecule has 146 valence electrons. The van der Waals surface area contributed by atoms with E-state index in [9.17, 15) is 9.18 Å². The molecule has 0 radical (unpaired) electrons. The molecule has 1 aromatic heterocycles. The lowest BCUT2D eigenvalue weighted by atomic mass is 9.80. The van der Waals surface area contributed by atoms with Gasteiger partial charge in [-0.2, -0.15) is 0 Å². The third kappa shape index (κ3) is 3.54. The first-order chi connectivity index (χ1) is 13.5. The van der Waals surface area contributed by atoms with Crippen molar-refractivity contribution in [2.75, 3.05) is 13.1 Å². The summed E-state index contributed by atoms with van der Waals surface area (Å²) in [5.41, 5.74) is 2.67. The Labute approximate surface area is 164 Å². The Hall–Kier alpha value is -2.66. The number of likely N-dealkylation sites (tertiary alicyclic amines) is 1. The van der Waals surface area contributed by atoms with E-state index in [1.165, 1.54) is 17.7 Å². The van der Waals surface area contributed by atoms with Gasteiger partial charge in [-0.25, -0.2) is 4.39 Å². The number of piperidine rings is 1. The van der Waals surface area contributed by atoms with Crippen molar-refractivity contribution >= 4 is 16.9 Å². The Morgan fingerprint density at radius 1 is 1.14 bits per heavy atom. The molecule has 5 heteroatoms. The molecule has 1 fully saturated rings. The van der Waals surface area contributed by atoms with Crippen LogP contribution in [0.25, 0.3) is 11.0 Å². The number of carbonyl (C=O) groups is 1. The number of para-hydroxylation sites is 1. The third-order valence-corrected chi connectivity index (χ3v) is 5.80. The number of benzene rings is 2. The minimum Gasteiger partial charge on any atom is -0.461 e. The molecule has 1 saturated heterocycles. The van der Waals surface area contributed by atoms with Gasteiger partial charge in [0.15, 0.2) is 0 Å². The summed E-state index contributed by atoms with van der Waals surface area (Å²) in [5, 5.41) is 4.31. The number of hydrogen-bond donors (Lipinski definition) is 1. The van der Waals surface area contributed by atoms with Crippen molar-refractivity contribution in [3.05, 3.63) is 71.2 Å². The van der Waals surface area contributed by atoms with Crippen molar-refractivity contribution in [3.63, 3.8) is 0 Å². The van der Waals surface area contributed by atoms with E-state index in [0.29, 0.717) is 0 Å². The normalized spacial score (nSPS) is 17.0. The fourth-order valence-corrected chi connectivity index (χ4v) is 4.33. The van der Waals surface area contributed by atoms with Crippen LogP contribution >= 0.6 is 0 Å². The van der Waals surface area contributed by atoms with Crippen molar-refractivity contribution in [2.45, 2.75) is 38.8 Å². The number of fused-ring (bicyclic) bond motifs is 1. The van der Waals surface area contributed by atoms with Crippen LogP contribution < -0.4 is 5.32 Å². The van der Waals surface area contributed by atoms with Crippen LogP contribution in [0.1, 0.15) is 36.7 Å². The Morgan fingerprint density at radius 2 is 1.82 bits per heavy atom. The zero-order chi connectivity index (χ0) is 19.7. The van der Waals surface area contributed by atoms with Crippen LogP contribution in [-0.2, 0) is 16.9 Å². The molecular formula is C23H25FN2O2. The smallest absolute Gasteiger partial charge is 0.217 e. The average Bonchev–Trinajstić information content (AvgIpc) is 2.99. The molecule has 1 aliphatic rings. The standard InChI is InChI=1S/C23H25FN2O2/c1-16-21(20-5-3-4-6-22(20)28-16)15-26-13-11-23(12-14-26,25-17(2)27)18-7-9-19(24)10-8-18/h3-10H,11-15H2,1-2H3,(H,25,27). The summed E-state index contributed by atoms with van der Waals surface area (Å²) >= 11 is 0. The zero-order valence-corrected chi connectivity index (χ0v) is 16.3. The second-order valence-electron chi connectivity index (χ2n) is 7.68. The number of amides is 1. The van der Waals surface area contributed by atoms with Crippen molar-refractivity contribution < 1.29 is 13.6 Å². The minimum absolute atomic E-state index is 0.0607. The molecule has 0 bridgehead atoms. The Balaban J connectivity index is 1.53. The molecule has 2 heterocycles. The average molecular weight is 380 g/mol. The second-order valence-corrected chi connectivity index (χ2v) is 7.68. The molecule has 1 amide bonds. The second kappa shape index (κ2) is 7.40. The van der Waals surface area contributed by atoms with E-state index in [1.807, 2.05) is 25.1 Å². The Kier molecular flexibility index (Phi) is 4.94. The van der Waals surface area contributed by atoms with Gasteiger partial charge in [0.25, 0.3) is 0 Å². The van der Waals surface area contributed by atoms with Gasteiger partial charge >= 0.3 is 0 Å². The number of hydrogen-bond acceptors (Lipinski definition) is 3. The lowest BCUT2D eigenvalue weighted by Crippen LogP contribution is -2.52. The fraction of sp³-hybridized carbons (Fsp3) is 0.348. The maximum atomic E-state index is 13.4. The van der Waals surface area contributed by atoms with E-state index in [4.69, 9.17) is 4.42 Å². The van der Waals surface area contributed by atoms with Crippen molar-refractivity contribution in [1.82, 2.24) is 10.2 Å². The van der Waals surface area contributed by atoms with Crippen LogP contribution in [-0.4, -0.2) is 23.9 Å². The molecule has 28 heavy (non-hydrogen) atoms. The summed E-state index contributed by atoms with van der Waals surface area (Å²) in [6.45, 7) is 6.06. The van der Waals surface area contributed by atoms with Crippen molar-refractivity contribution in [2.24, 2.45) is 0 Å². The third-order valence-electron chi connectivity index (χ3n) is 5.80. The van der Waals surface area contributed by atoms with Crippen LogP contribution in [0, 0.1) is 12.7 Å². The Bertz CT molecular complexity index is 986. The molecule has 0 spiro atoms. The topological polar surface area (TPSA) is 45.5 Å². The van der Waals surface area contributed by atoms with E-state index < -0.39 is 5.54 Å². The summed E-state index contributed by atoms with van der Waals surface area (Å²) in [6, 6.07) is 14.6. The fourth-order valence-electron chi connectivity index (χ4n) is 4.33. The van der Waals surface area contributed by atoms with Crippen LogP contribution in [0.2, 0.25) is 0 Å². The lowest BCUT2D eigenvalue weighted by Gasteiger charge is -2.42. The van der Waals surface area contributed by atoms with Crippen molar-refractivity contribution in [1.29, 1.82) is 0 Å². The Morgan fingerprint density at radius 3 is 2.50 bits per heavy atom. The molecule has 0 unspecified atom stereocenters. The van der Waals surface area contributed by atoms with Gasteiger partial charge in [0.2, 0.25) is 5.91 Å². The summed E-state index contributed by atoms with van der Waals surface area (Å²) in [5.74, 6) is 0.634. The molecule has 1 aliphatic heterocycles. The van der Waals surface area contributed by atoms with E-state index in [2.05, 4.69) is 16.3 Å². The van der Waals surface area contributed by atoms with Gasteiger partial charge in [-0.3, -0.25) is 9.69 Å². The highest BCUT2D eigenvalue weighted by atomic mass is 19.1. The number of halogens is 1. The van der Waals surface area contributed by atoms with Crippen LogP contribution in [0.3, 0.4) is 0 Å². The van der Waals surface area contributed by atoms with E-state index >= 15 is 0 Å². The summed E-state index contributed by atoms with van der Waals surface area (Å²) < 4.78 is 19.3. The SMILES string of the molecule is CC(=O)NC1(c2ccc(F)cc2)CCN(Cc2c(C)oc3ccccc23)CC1. The zero-order valence-electron chi connectivity index (χ0n) is 16.3. The van der Waals surface area contributed by atoms with Gasteiger partial charge in [0.05, 0.1) is 5.54 Å². The first-order valence-electron chi connectivity index (χ1n) is 9.71. The number of carbonyl (C=O) groups excluding carboxylic acids is 1. The molecule has 0 atom stereocenters. The highest BCUT2D eigenvalue weighted by Gasteiger charge is 2.37. The van der Waals surface area contributed by atoms with Crippen LogP contribution in [0.5, 0.6) is 0 Å². The predicted octanol–water partition coefficient (Wildman–Crippen LogP) is 4.51. The summed E-state index contributed by atoms with van der Waals surface area (Å²) in [4.78, 5) is 14.3. The molecule has 4 rings (SSSR count). The molecule has 0 aliphatic carbocycles. The summed E-state index contributed by atoms with van der Waals surface area (Å²) in [7, 11) is 0. The lowest BCUT2D eigenvalue weighted by molar-refractivity contribution is -0.121. The molecule has 0 saturated carbocycles. The van der Waals surface area contributed by atoms with Gasteiger partial charge in [-0.05, 0) is 43.5 Å². The predicted molar refractivity (Wildman–Crippen MR) is 107 cm³/mol. The highest BCUT2D eigenvalue weighted by Crippen LogP contribution is 2.35. The maximum absolute atomic E-state index is 13.4. The van der Waals surface area contributed by atoms with Gasteiger partial charge in [-0.15, -0.1) is 0 Å². The minimum atomic E-state index is -0.441. The van der Waals surface area contributed by atoms with E-state index in [-0.39, 0.29) is 11.7 Å². The number of nitrogens with zero attached hydrogens (tertiary/aromatic N) is 1. The monoisotopic (exact) mass is 380 g/mol. The molecular weight excluding hydrogens is 355 g/mol. The van der Waals surface area contributed by atoms with Crippen LogP contribution in [0.15, 0.2) is 52.9 Å². The van der Waals surface area contributed by atoms with Gasteiger partial charge in [0.1, 0.15) is 17.2 Å². The number of aryl methyl sites for hydroxylation is 1. The first kappa shape index (κ1) is 18.7. The van der Waals surface area contributed by atoms with Gasteiger partial charge < -0.3 is 9.73 Å². The van der Waals surface area contributed by atoms with E-state index in [1.54, 1.807) is 19.1 Å². The van der Waals surface area contributed by atoms with Gasteiger partial charge in [0, 0.05) is 37.5 Å². The van der Waals surface area contributed by atoms with E-state index in [0.717, 1.165) is 54.8 Å². The largest absolute Gasteiger partial charge is 0.461 e. The number of rotatable bonds is 4. The van der Waals surface area contributed by atoms with Crippen molar-refractivity contribution in [3.8, 4) is 0 Å². The number of nitrogens with one attached hydrogen (secondary N) is 1. The molecule has 1 N–H and O–H groups in total. The van der Waals surface area contributed by atoms with Gasteiger partial charge in [-0.1, -0.05) is 30.3 Å². The molecule has 4 nitrogen and oxygen atoms in total. The summed E-state index contributed by atoms with van der Waals surface area (Å²) in [6.07, 6.45) is 1.57. The molecule has 2 aromatic carbocycles. The van der Waals surface area contributed by atoms with Crippen LogP contribution in [0.4, 0.5) is 4.39 Å². The maximum Gasteiger partial charge on any atom is 0.217 e. The first-order valence-corrected chi connectivity index (χ1v) is 9.71. The quantitative estimate of drug-likeness (QED) is 0.724. The molecule has 3 aromatic rings.